The van der Waals surface area contributed by atoms with Crippen LogP contribution in [0.4, 0.5) is 0 Å². The molecule has 0 saturated carbocycles. The third-order valence-electron chi connectivity index (χ3n) is 8.54. The van der Waals surface area contributed by atoms with Gasteiger partial charge in [0.25, 0.3) is 0 Å². The molecule has 198 valence electrons. The highest BCUT2D eigenvalue weighted by Gasteiger charge is 2.20. The van der Waals surface area contributed by atoms with Crippen LogP contribution < -0.4 is 34.0 Å². The van der Waals surface area contributed by atoms with Gasteiger partial charge in [0, 0.05) is 0 Å². The van der Waals surface area contributed by atoms with E-state index in [4.69, 9.17) is 0 Å². The van der Waals surface area contributed by atoms with Crippen LogP contribution in [-0.2, 0) is 0 Å². The number of unbranched alkanes of at least 4 members (excludes halogenated alkanes) is 13. The van der Waals surface area contributed by atoms with Crippen molar-refractivity contribution in [1.82, 2.24) is 0 Å². The number of nitrogens with zero attached hydrogens (tertiary/aromatic N) is 2. The van der Waals surface area contributed by atoms with Gasteiger partial charge in [-0.05, 0) is 67.2 Å². The smallest absolute Gasteiger partial charge is 0.0786 e. The minimum absolute atomic E-state index is 0. The van der Waals surface area contributed by atoms with Gasteiger partial charge in [-0.15, -0.1) is 0 Å². The topological polar surface area (TPSA) is 0 Å². The van der Waals surface area contributed by atoms with Crippen molar-refractivity contribution >= 4 is 0 Å². The van der Waals surface area contributed by atoms with Crippen LogP contribution in [0.1, 0.15) is 131 Å². The van der Waals surface area contributed by atoms with Crippen LogP contribution in [0.3, 0.4) is 0 Å². The highest BCUT2D eigenvalue weighted by Crippen LogP contribution is 2.15. The van der Waals surface area contributed by atoms with Crippen LogP contribution in [0.25, 0.3) is 0 Å². The van der Waals surface area contributed by atoms with Crippen LogP contribution in [0.5, 0.6) is 0 Å². The van der Waals surface area contributed by atoms with Gasteiger partial charge in [0.2, 0.25) is 0 Å². The summed E-state index contributed by atoms with van der Waals surface area (Å²) in [6, 6.07) is 0. The fraction of sp³-hybridized carbons (Fsp3) is 1.00. The van der Waals surface area contributed by atoms with Gasteiger partial charge in [0.15, 0.2) is 0 Å². The van der Waals surface area contributed by atoms with E-state index >= 15 is 0 Å². The van der Waals surface area contributed by atoms with E-state index in [1.165, 1.54) is 151 Å². The molecule has 0 aliphatic rings. The molecule has 0 unspecified atom stereocenters. The third-order valence-corrected chi connectivity index (χ3v) is 8.54. The standard InChI is InChI=1S/C28H62N2.2BrH/c1-7-29(8-2,9-3)27-25-23-21-19-17-15-13-14-16-18-20-22-24-26-28-30(10-4,11-5)12-6;;/h7-28H2,1-6H3;2*1H/q+2;;/p-2. The first-order valence-electron chi connectivity index (χ1n) is 14.3. The minimum Gasteiger partial charge on any atom is -1.00 e. The largest absolute Gasteiger partial charge is 1.00 e. The average Bonchev–Trinajstić information content (AvgIpc) is 2.79. The molecule has 2 nitrogen and oxygen atoms in total. The maximum atomic E-state index is 2.36. The van der Waals surface area contributed by atoms with E-state index in [9.17, 15) is 0 Å². The Hall–Kier alpha value is 0.880. The monoisotopic (exact) mass is 584 g/mol. The van der Waals surface area contributed by atoms with Crippen LogP contribution in [0.2, 0.25) is 0 Å². The molecular formula is C28H62Br2N2. The summed E-state index contributed by atoms with van der Waals surface area (Å²) in [5.74, 6) is 0. The molecule has 0 N–H and O–H groups in total. The number of hydrogen-bond acceptors (Lipinski definition) is 0. The van der Waals surface area contributed by atoms with Gasteiger partial charge in [-0.2, -0.15) is 0 Å². The SMILES string of the molecule is CC[N+](CC)(CC)CCCCCCCCCCCCCCCC[N+](CC)(CC)CC.[Br-].[Br-]. The lowest BCUT2D eigenvalue weighted by atomic mass is 10.0. The summed E-state index contributed by atoms with van der Waals surface area (Å²) in [4.78, 5) is 0. The molecule has 0 fully saturated rings. The van der Waals surface area contributed by atoms with Crippen molar-refractivity contribution in [2.75, 3.05) is 52.4 Å². The van der Waals surface area contributed by atoms with Crippen molar-refractivity contribution in [1.29, 1.82) is 0 Å². The highest BCUT2D eigenvalue weighted by molar-refractivity contribution is 4.51. The summed E-state index contributed by atoms with van der Waals surface area (Å²) in [5, 5.41) is 0. The van der Waals surface area contributed by atoms with E-state index in [0.717, 1.165) is 0 Å². The summed E-state index contributed by atoms with van der Waals surface area (Å²) >= 11 is 0. The lowest BCUT2D eigenvalue weighted by Gasteiger charge is -2.35. The quantitative estimate of drug-likeness (QED) is 0.127. The Balaban J connectivity index is -0.00000420. The molecule has 0 aliphatic carbocycles. The first-order valence-corrected chi connectivity index (χ1v) is 14.3. The number of rotatable bonds is 23. The van der Waals surface area contributed by atoms with E-state index in [1.54, 1.807) is 0 Å². The average molecular weight is 587 g/mol. The van der Waals surface area contributed by atoms with Gasteiger partial charge < -0.3 is 42.9 Å². The molecule has 0 bridgehead atoms. The van der Waals surface area contributed by atoms with E-state index in [1.807, 2.05) is 0 Å². The Morgan fingerprint density at radius 3 is 0.594 bits per heavy atom. The van der Waals surface area contributed by atoms with Gasteiger partial charge in [-0.25, -0.2) is 0 Å². The zero-order valence-electron chi connectivity index (χ0n) is 23.2. The van der Waals surface area contributed by atoms with Gasteiger partial charge >= 0.3 is 0 Å². The molecule has 0 spiro atoms. The van der Waals surface area contributed by atoms with Crippen LogP contribution in [0.15, 0.2) is 0 Å². The molecule has 0 heterocycles. The second-order valence-corrected chi connectivity index (χ2v) is 9.98. The van der Waals surface area contributed by atoms with Crippen molar-refractivity contribution in [3.63, 3.8) is 0 Å². The van der Waals surface area contributed by atoms with Crippen molar-refractivity contribution in [2.24, 2.45) is 0 Å². The van der Waals surface area contributed by atoms with E-state index in [0.29, 0.717) is 0 Å². The molecule has 0 aromatic rings. The number of quaternary nitrogens is 2. The first-order chi connectivity index (χ1) is 14.6. The predicted octanol–water partition coefficient (Wildman–Crippen LogP) is 2.21. The fourth-order valence-electron chi connectivity index (χ4n) is 5.31. The van der Waals surface area contributed by atoms with Crippen LogP contribution in [0, 0.1) is 0 Å². The summed E-state index contributed by atoms with van der Waals surface area (Å²) in [6.45, 7) is 24.8. The Labute approximate surface area is 226 Å². The Morgan fingerprint density at radius 2 is 0.438 bits per heavy atom. The third kappa shape index (κ3) is 17.3. The molecule has 0 amide bonds. The minimum atomic E-state index is 0. The lowest BCUT2D eigenvalue weighted by molar-refractivity contribution is -0.923. The van der Waals surface area contributed by atoms with Crippen molar-refractivity contribution < 1.29 is 42.9 Å². The molecule has 0 aromatic heterocycles. The molecule has 0 rings (SSSR count). The van der Waals surface area contributed by atoms with Crippen LogP contribution >= 0.6 is 0 Å². The summed E-state index contributed by atoms with van der Waals surface area (Å²) in [6.07, 6.45) is 20.5. The normalized spacial score (nSPS) is 11.8. The second kappa shape index (κ2) is 25.0. The second-order valence-electron chi connectivity index (χ2n) is 9.98. The maximum absolute atomic E-state index is 2.36. The molecule has 4 heteroatoms. The molecule has 0 aliphatic heterocycles. The molecule has 0 atom stereocenters. The van der Waals surface area contributed by atoms with Crippen molar-refractivity contribution in [3.8, 4) is 0 Å². The van der Waals surface area contributed by atoms with Gasteiger partial charge in [0.1, 0.15) is 0 Å². The maximum Gasteiger partial charge on any atom is 0.0786 e. The number of hydrogen-bond donors (Lipinski definition) is 0. The Morgan fingerprint density at radius 1 is 0.281 bits per heavy atom. The van der Waals surface area contributed by atoms with E-state index in [2.05, 4.69) is 41.5 Å². The van der Waals surface area contributed by atoms with Crippen molar-refractivity contribution in [3.05, 3.63) is 0 Å². The Kier molecular flexibility index (Phi) is 29.2. The van der Waals surface area contributed by atoms with Crippen LogP contribution in [-0.4, -0.2) is 61.3 Å². The van der Waals surface area contributed by atoms with Gasteiger partial charge in [0.05, 0.1) is 52.4 Å². The molecule has 0 radical (unpaired) electrons. The lowest BCUT2D eigenvalue weighted by Crippen LogP contribution is -3.00. The first kappa shape index (κ1) is 37.4. The molecule has 0 saturated heterocycles. The Bertz CT molecular complexity index is 305. The summed E-state index contributed by atoms with van der Waals surface area (Å²) in [7, 11) is 0. The summed E-state index contributed by atoms with van der Waals surface area (Å²) < 4.78 is 2.66. The van der Waals surface area contributed by atoms with E-state index in [-0.39, 0.29) is 34.0 Å². The zero-order chi connectivity index (χ0) is 22.6. The fourth-order valence-corrected chi connectivity index (χ4v) is 5.31. The zero-order valence-corrected chi connectivity index (χ0v) is 26.4. The predicted molar refractivity (Wildman–Crippen MR) is 138 cm³/mol. The number of halogens is 2. The highest BCUT2D eigenvalue weighted by atomic mass is 79.9. The molecule has 0 aromatic carbocycles. The van der Waals surface area contributed by atoms with Crippen molar-refractivity contribution in [2.45, 2.75) is 131 Å². The molecule has 32 heavy (non-hydrogen) atoms. The summed E-state index contributed by atoms with van der Waals surface area (Å²) in [5.41, 5.74) is 0. The van der Waals surface area contributed by atoms with Gasteiger partial charge in [-0.3, -0.25) is 0 Å². The molecular weight excluding hydrogens is 524 g/mol. The van der Waals surface area contributed by atoms with Gasteiger partial charge in [-0.1, -0.05) is 64.2 Å². The van der Waals surface area contributed by atoms with E-state index < -0.39 is 0 Å².